The van der Waals surface area contributed by atoms with E-state index < -0.39 is 0 Å². The number of hydrogen-bond acceptors (Lipinski definition) is 5. The van der Waals surface area contributed by atoms with E-state index in [-0.39, 0.29) is 17.8 Å². The maximum absolute atomic E-state index is 13.1. The van der Waals surface area contributed by atoms with Gasteiger partial charge in [0.1, 0.15) is 5.82 Å². The first-order chi connectivity index (χ1) is 13.6. The average Bonchev–Trinajstić information content (AvgIpc) is 3.24. The number of piperazine rings is 1. The summed E-state index contributed by atoms with van der Waals surface area (Å²) in [6.07, 6.45) is 0. The van der Waals surface area contributed by atoms with Crippen LogP contribution < -0.4 is 0 Å². The van der Waals surface area contributed by atoms with Gasteiger partial charge < -0.3 is 9.32 Å². The topological polar surface area (TPSA) is 62.5 Å². The van der Waals surface area contributed by atoms with Gasteiger partial charge in [0.25, 0.3) is 5.91 Å². The van der Waals surface area contributed by atoms with E-state index in [2.05, 4.69) is 15.1 Å². The van der Waals surface area contributed by atoms with Crippen molar-refractivity contribution < 1.29 is 13.6 Å². The summed E-state index contributed by atoms with van der Waals surface area (Å²) < 4.78 is 18.9. The van der Waals surface area contributed by atoms with Gasteiger partial charge in [-0.3, -0.25) is 9.69 Å². The number of carbonyl (C=O) groups excluding carboxylic acids is 1. The Hall–Kier alpha value is -3.06. The van der Waals surface area contributed by atoms with Crippen LogP contribution >= 0.6 is 0 Å². The highest BCUT2D eigenvalue weighted by molar-refractivity contribution is 5.94. The molecule has 144 valence electrons. The van der Waals surface area contributed by atoms with Gasteiger partial charge in [0.15, 0.2) is 0 Å². The lowest BCUT2D eigenvalue weighted by atomic mass is 10.1. The summed E-state index contributed by atoms with van der Waals surface area (Å²) >= 11 is 0. The fourth-order valence-electron chi connectivity index (χ4n) is 3.34. The van der Waals surface area contributed by atoms with Crippen LogP contribution in [0, 0.1) is 5.82 Å². The standard InChI is InChI=1S/C21H21FN4O2/c1-15(19-23-24-20(28-19)16-5-3-2-4-6-16)25-11-13-26(14-12-25)21(27)17-7-9-18(22)10-8-17/h2-10,15H,11-14H2,1H3. The van der Waals surface area contributed by atoms with Crippen molar-refractivity contribution in [3.63, 3.8) is 0 Å². The van der Waals surface area contributed by atoms with E-state index in [1.165, 1.54) is 24.3 Å². The second-order valence-electron chi connectivity index (χ2n) is 6.82. The van der Waals surface area contributed by atoms with Crippen LogP contribution in [0.2, 0.25) is 0 Å². The highest BCUT2D eigenvalue weighted by atomic mass is 19.1. The van der Waals surface area contributed by atoms with Gasteiger partial charge >= 0.3 is 0 Å². The Kier molecular flexibility index (Phi) is 5.16. The number of hydrogen-bond donors (Lipinski definition) is 0. The van der Waals surface area contributed by atoms with Crippen LogP contribution in [-0.4, -0.2) is 52.1 Å². The Morgan fingerprint density at radius 1 is 1.00 bits per heavy atom. The van der Waals surface area contributed by atoms with Crippen LogP contribution in [0.3, 0.4) is 0 Å². The number of nitrogens with zero attached hydrogens (tertiary/aromatic N) is 4. The number of benzene rings is 2. The van der Waals surface area contributed by atoms with Crippen LogP contribution in [-0.2, 0) is 0 Å². The molecule has 1 amide bonds. The van der Waals surface area contributed by atoms with Crippen LogP contribution in [0.25, 0.3) is 11.5 Å². The number of carbonyl (C=O) groups is 1. The van der Waals surface area contributed by atoms with E-state index in [0.717, 1.165) is 5.56 Å². The summed E-state index contributed by atoms with van der Waals surface area (Å²) in [7, 11) is 0. The lowest BCUT2D eigenvalue weighted by Crippen LogP contribution is -2.49. The molecule has 0 radical (unpaired) electrons. The number of halogens is 1. The molecule has 1 fully saturated rings. The minimum Gasteiger partial charge on any atom is -0.419 e. The first kappa shape index (κ1) is 18.3. The quantitative estimate of drug-likeness (QED) is 0.694. The van der Waals surface area contributed by atoms with Crippen molar-refractivity contribution in [3.8, 4) is 11.5 Å². The normalized spacial score (nSPS) is 16.1. The molecule has 2 heterocycles. The van der Waals surface area contributed by atoms with Crippen molar-refractivity contribution in [2.45, 2.75) is 13.0 Å². The second-order valence-corrected chi connectivity index (χ2v) is 6.82. The molecule has 1 atom stereocenters. The van der Waals surface area contributed by atoms with Gasteiger partial charge in [-0.15, -0.1) is 10.2 Å². The van der Waals surface area contributed by atoms with Crippen LogP contribution in [0.4, 0.5) is 4.39 Å². The highest BCUT2D eigenvalue weighted by Crippen LogP contribution is 2.25. The zero-order valence-electron chi connectivity index (χ0n) is 15.6. The molecular weight excluding hydrogens is 359 g/mol. The van der Waals surface area contributed by atoms with E-state index >= 15 is 0 Å². The zero-order chi connectivity index (χ0) is 19.5. The van der Waals surface area contributed by atoms with Gasteiger partial charge in [-0.25, -0.2) is 4.39 Å². The third-order valence-electron chi connectivity index (χ3n) is 5.06. The molecule has 2 aromatic carbocycles. The van der Waals surface area contributed by atoms with Crippen LogP contribution in [0.1, 0.15) is 29.2 Å². The van der Waals surface area contributed by atoms with Crippen molar-refractivity contribution in [2.75, 3.05) is 26.2 Å². The summed E-state index contributed by atoms with van der Waals surface area (Å²) in [5.74, 6) is 0.658. The number of aromatic nitrogens is 2. The van der Waals surface area contributed by atoms with E-state index in [1.54, 1.807) is 4.90 Å². The Balaban J connectivity index is 1.38. The van der Waals surface area contributed by atoms with E-state index in [1.807, 2.05) is 37.3 Å². The molecule has 3 aromatic rings. The van der Waals surface area contributed by atoms with Gasteiger partial charge in [-0.05, 0) is 43.3 Å². The van der Waals surface area contributed by atoms with Crippen LogP contribution in [0.15, 0.2) is 59.0 Å². The van der Waals surface area contributed by atoms with Gasteiger partial charge in [0.2, 0.25) is 11.8 Å². The third kappa shape index (κ3) is 3.80. The lowest BCUT2D eigenvalue weighted by molar-refractivity contribution is 0.0559. The SMILES string of the molecule is CC(c1nnc(-c2ccccc2)o1)N1CCN(C(=O)c2ccc(F)cc2)CC1. The van der Waals surface area contributed by atoms with Crippen LogP contribution in [0.5, 0.6) is 0 Å². The summed E-state index contributed by atoms with van der Waals surface area (Å²) in [6.45, 7) is 4.63. The van der Waals surface area contributed by atoms with Gasteiger partial charge in [-0.2, -0.15) is 0 Å². The number of rotatable bonds is 4. The van der Waals surface area contributed by atoms with E-state index in [9.17, 15) is 9.18 Å². The first-order valence-electron chi connectivity index (χ1n) is 9.29. The lowest BCUT2D eigenvalue weighted by Gasteiger charge is -2.36. The van der Waals surface area contributed by atoms with Crippen molar-refractivity contribution in [1.82, 2.24) is 20.0 Å². The molecule has 7 heteroatoms. The van der Waals surface area contributed by atoms with Crippen molar-refractivity contribution in [2.24, 2.45) is 0 Å². The molecule has 0 aliphatic carbocycles. The maximum atomic E-state index is 13.1. The molecule has 4 rings (SSSR count). The van der Waals surface area contributed by atoms with Gasteiger partial charge in [0, 0.05) is 37.3 Å². The molecule has 1 saturated heterocycles. The summed E-state index contributed by atoms with van der Waals surface area (Å²) in [4.78, 5) is 16.6. The Morgan fingerprint density at radius 3 is 2.36 bits per heavy atom. The molecule has 0 spiro atoms. The van der Waals surface area contributed by atoms with Gasteiger partial charge in [0.05, 0.1) is 6.04 Å². The summed E-state index contributed by atoms with van der Waals surface area (Å²) in [6, 6.07) is 15.3. The monoisotopic (exact) mass is 380 g/mol. The predicted molar refractivity (Wildman–Crippen MR) is 102 cm³/mol. The Bertz CT molecular complexity index is 935. The van der Waals surface area contributed by atoms with Crippen molar-refractivity contribution in [3.05, 3.63) is 71.9 Å². The molecule has 1 aromatic heterocycles. The second kappa shape index (κ2) is 7.90. The largest absolute Gasteiger partial charge is 0.419 e. The molecule has 1 unspecified atom stereocenters. The van der Waals surface area contributed by atoms with Gasteiger partial charge in [-0.1, -0.05) is 18.2 Å². The molecule has 1 aliphatic heterocycles. The van der Waals surface area contributed by atoms with E-state index in [4.69, 9.17) is 4.42 Å². The molecule has 28 heavy (non-hydrogen) atoms. The maximum Gasteiger partial charge on any atom is 0.253 e. The highest BCUT2D eigenvalue weighted by Gasteiger charge is 2.28. The average molecular weight is 380 g/mol. The van der Waals surface area contributed by atoms with Crippen molar-refractivity contribution >= 4 is 5.91 Å². The minimum absolute atomic E-state index is 0.0342. The molecule has 0 saturated carbocycles. The molecule has 6 nitrogen and oxygen atoms in total. The summed E-state index contributed by atoms with van der Waals surface area (Å²) in [5, 5.41) is 8.36. The minimum atomic E-state index is -0.343. The fraction of sp³-hybridized carbons (Fsp3) is 0.286. The molecule has 0 N–H and O–H groups in total. The van der Waals surface area contributed by atoms with E-state index in [0.29, 0.717) is 43.5 Å². The third-order valence-corrected chi connectivity index (χ3v) is 5.06. The zero-order valence-corrected chi connectivity index (χ0v) is 15.6. The Labute approximate surface area is 162 Å². The Morgan fingerprint density at radius 2 is 1.68 bits per heavy atom. The summed E-state index contributed by atoms with van der Waals surface area (Å²) in [5.41, 5.74) is 1.40. The molecule has 0 bridgehead atoms. The molecule has 1 aliphatic rings. The van der Waals surface area contributed by atoms with Crippen molar-refractivity contribution in [1.29, 1.82) is 0 Å². The number of amides is 1. The molecular formula is C21H21FN4O2. The first-order valence-corrected chi connectivity index (χ1v) is 9.29. The predicted octanol–water partition coefficient (Wildman–Crippen LogP) is 3.39. The smallest absolute Gasteiger partial charge is 0.253 e. The fourth-order valence-corrected chi connectivity index (χ4v) is 3.34.